The average Bonchev–Trinajstić information content (AvgIpc) is 2.73. The fourth-order valence-electron chi connectivity index (χ4n) is 3.06. The van der Waals surface area contributed by atoms with Crippen molar-refractivity contribution in [2.24, 2.45) is 0 Å². The first kappa shape index (κ1) is 20.6. The number of hydrogen-bond acceptors (Lipinski definition) is 5. The number of aromatic nitrogens is 2. The summed E-state index contributed by atoms with van der Waals surface area (Å²) < 4.78 is 0. The number of anilines is 1. The molecule has 1 atom stereocenters. The van der Waals surface area contributed by atoms with E-state index in [1.165, 1.54) is 0 Å². The van der Waals surface area contributed by atoms with Gasteiger partial charge in [-0.3, -0.25) is 14.8 Å². The van der Waals surface area contributed by atoms with Crippen molar-refractivity contribution in [3.05, 3.63) is 89.5 Å². The molecule has 1 amide bonds. The molecule has 6 nitrogen and oxygen atoms in total. The minimum atomic E-state index is -0.569. The van der Waals surface area contributed by atoms with Crippen molar-refractivity contribution in [3.8, 4) is 0 Å². The number of nitrogens with one attached hydrogen (secondary N) is 2. The number of hydrogen-bond donors (Lipinski definition) is 3. The third-order valence-corrected chi connectivity index (χ3v) is 4.64. The molecule has 2 heterocycles. The molecule has 0 aliphatic carbocycles. The second-order valence-corrected chi connectivity index (χ2v) is 6.89. The number of amides is 1. The highest BCUT2D eigenvalue weighted by Crippen LogP contribution is 2.14. The van der Waals surface area contributed by atoms with E-state index in [4.69, 9.17) is 0 Å². The predicted molar refractivity (Wildman–Crippen MR) is 114 cm³/mol. The average molecular weight is 390 g/mol. The molecule has 29 heavy (non-hydrogen) atoms. The number of rotatable bonds is 9. The summed E-state index contributed by atoms with van der Waals surface area (Å²) in [6.45, 7) is 3.13. The van der Waals surface area contributed by atoms with Crippen molar-refractivity contribution in [3.63, 3.8) is 0 Å². The Hall–Kier alpha value is -3.09. The molecule has 3 rings (SSSR count). The van der Waals surface area contributed by atoms with Gasteiger partial charge in [0.05, 0.1) is 12.5 Å². The van der Waals surface area contributed by atoms with Gasteiger partial charge in [0.2, 0.25) is 5.91 Å². The van der Waals surface area contributed by atoms with Gasteiger partial charge in [0.1, 0.15) is 0 Å². The number of aryl methyl sites for hydroxylation is 1. The van der Waals surface area contributed by atoms with E-state index in [9.17, 15) is 9.90 Å². The van der Waals surface area contributed by atoms with Gasteiger partial charge in [-0.2, -0.15) is 0 Å². The van der Waals surface area contributed by atoms with Crippen molar-refractivity contribution in [2.75, 3.05) is 18.4 Å². The first-order valence-corrected chi connectivity index (χ1v) is 9.71. The lowest BCUT2D eigenvalue weighted by Gasteiger charge is -2.14. The third-order valence-electron chi connectivity index (χ3n) is 4.64. The van der Waals surface area contributed by atoms with E-state index >= 15 is 0 Å². The van der Waals surface area contributed by atoms with Crippen molar-refractivity contribution < 1.29 is 9.90 Å². The topological polar surface area (TPSA) is 87.1 Å². The molecule has 3 N–H and O–H groups in total. The standard InChI is InChI=1S/C23H26N4O2/c1-17-21(6-4-13-25-17)22(28)16-24-14-11-18-7-9-19(10-8-18)27-23(29)15-20-5-2-3-12-26-20/h2-10,12-13,22,24,28H,11,14-16H2,1H3,(H,27,29)/t22-/m0/s1. The number of carbonyl (C=O) groups is 1. The Morgan fingerprint density at radius 2 is 1.83 bits per heavy atom. The third kappa shape index (κ3) is 6.48. The fraction of sp³-hybridized carbons (Fsp3) is 0.261. The van der Waals surface area contributed by atoms with Crippen molar-refractivity contribution >= 4 is 11.6 Å². The zero-order valence-electron chi connectivity index (χ0n) is 16.5. The number of benzene rings is 1. The van der Waals surface area contributed by atoms with Crippen LogP contribution in [0.5, 0.6) is 0 Å². The van der Waals surface area contributed by atoms with Crippen LogP contribution in [0.2, 0.25) is 0 Å². The molecule has 0 bridgehead atoms. The summed E-state index contributed by atoms with van der Waals surface area (Å²) in [5.41, 5.74) is 4.38. The molecule has 0 saturated heterocycles. The first-order chi connectivity index (χ1) is 14.1. The number of nitrogens with zero attached hydrogens (tertiary/aromatic N) is 2. The Balaban J connectivity index is 1.40. The molecule has 0 fully saturated rings. The fourth-order valence-corrected chi connectivity index (χ4v) is 3.06. The Bertz CT molecular complexity index is 914. The normalized spacial score (nSPS) is 11.8. The zero-order chi connectivity index (χ0) is 20.5. The molecule has 0 spiro atoms. The maximum Gasteiger partial charge on any atom is 0.230 e. The highest BCUT2D eigenvalue weighted by atomic mass is 16.3. The highest BCUT2D eigenvalue weighted by Gasteiger charge is 2.10. The Morgan fingerprint density at radius 1 is 1.03 bits per heavy atom. The molecular formula is C23H26N4O2. The Morgan fingerprint density at radius 3 is 2.55 bits per heavy atom. The van der Waals surface area contributed by atoms with Gasteiger partial charge in [-0.05, 0) is 55.8 Å². The zero-order valence-corrected chi connectivity index (χ0v) is 16.5. The summed E-state index contributed by atoms with van der Waals surface area (Å²) in [4.78, 5) is 20.5. The molecule has 6 heteroatoms. The second-order valence-electron chi connectivity index (χ2n) is 6.89. The highest BCUT2D eigenvalue weighted by molar-refractivity contribution is 5.91. The molecule has 0 unspecified atom stereocenters. The maximum atomic E-state index is 12.1. The maximum absolute atomic E-state index is 12.1. The van der Waals surface area contributed by atoms with E-state index in [1.54, 1.807) is 12.4 Å². The Labute approximate surface area is 171 Å². The number of aliphatic hydroxyl groups is 1. The van der Waals surface area contributed by atoms with E-state index in [0.717, 1.165) is 41.2 Å². The molecule has 1 aromatic carbocycles. The molecule has 0 saturated carbocycles. The predicted octanol–water partition coefficient (Wildman–Crippen LogP) is 2.83. The van der Waals surface area contributed by atoms with Gasteiger partial charge in [0.15, 0.2) is 0 Å². The van der Waals surface area contributed by atoms with E-state index in [2.05, 4.69) is 20.6 Å². The summed E-state index contributed by atoms with van der Waals surface area (Å²) in [5.74, 6) is -0.0854. The van der Waals surface area contributed by atoms with Crippen molar-refractivity contribution in [2.45, 2.75) is 25.9 Å². The summed E-state index contributed by atoms with van der Waals surface area (Å²) >= 11 is 0. The van der Waals surface area contributed by atoms with Crippen LogP contribution in [0.1, 0.15) is 28.6 Å². The number of carbonyl (C=O) groups excluding carboxylic acids is 1. The van der Waals surface area contributed by atoms with Crippen molar-refractivity contribution in [1.29, 1.82) is 0 Å². The Kier molecular flexibility index (Phi) is 7.44. The van der Waals surface area contributed by atoms with E-state index in [-0.39, 0.29) is 12.3 Å². The van der Waals surface area contributed by atoms with Gasteiger partial charge >= 0.3 is 0 Å². The van der Waals surface area contributed by atoms with Crippen LogP contribution in [-0.2, 0) is 17.6 Å². The lowest BCUT2D eigenvalue weighted by atomic mass is 10.1. The second kappa shape index (κ2) is 10.5. The van der Waals surface area contributed by atoms with Gasteiger partial charge in [-0.15, -0.1) is 0 Å². The summed E-state index contributed by atoms with van der Waals surface area (Å²) in [5, 5.41) is 16.4. The first-order valence-electron chi connectivity index (χ1n) is 9.71. The van der Waals surface area contributed by atoms with Crippen LogP contribution in [0, 0.1) is 6.92 Å². The molecule has 0 aliphatic rings. The minimum Gasteiger partial charge on any atom is -0.387 e. The SMILES string of the molecule is Cc1ncccc1[C@@H](O)CNCCc1ccc(NC(=O)Cc2ccccn2)cc1. The van der Waals surface area contributed by atoms with Gasteiger partial charge in [-0.1, -0.05) is 24.3 Å². The van der Waals surface area contributed by atoms with Gasteiger partial charge in [0, 0.05) is 41.6 Å². The lowest BCUT2D eigenvalue weighted by molar-refractivity contribution is -0.115. The van der Waals surface area contributed by atoms with Crippen LogP contribution >= 0.6 is 0 Å². The van der Waals surface area contributed by atoms with Gasteiger partial charge in [-0.25, -0.2) is 0 Å². The van der Waals surface area contributed by atoms with Crippen LogP contribution < -0.4 is 10.6 Å². The molecule has 150 valence electrons. The van der Waals surface area contributed by atoms with Crippen molar-refractivity contribution in [1.82, 2.24) is 15.3 Å². The van der Waals surface area contributed by atoms with Gasteiger partial charge < -0.3 is 15.7 Å². The molecule has 3 aromatic rings. The van der Waals surface area contributed by atoms with Crippen LogP contribution in [0.3, 0.4) is 0 Å². The van der Waals surface area contributed by atoms with Gasteiger partial charge in [0.25, 0.3) is 0 Å². The summed E-state index contributed by atoms with van der Waals surface area (Å²) in [6, 6.07) is 17.1. The van der Waals surface area contributed by atoms with Crippen LogP contribution in [0.4, 0.5) is 5.69 Å². The molecular weight excluding hydrogens is 364 g/mol. The largest absolute Gasteiger partial charge is 0.387 e. The number of pyridine rings is 2. The monoisotopic (exact) mass is 390 g/mol. The van der Waals surface area contributed by atoms with Crippen LogP contribution in [0.15, 0.2) is 67.0 Å². The van der Waals surface area contributed by atoms with E-state index < -0.39 is 6.10 Å². The summed E-state index contributed by atoms with van der Waals surface area (Å²) in [7, 11) is 0. The molecule has 0 radical (unpaired) electrons. The summed E-state index contributed by atoms with van der Waals surface area (Å²) in [6.07, 6.45) is 3.93. The molecule has 2 aromatic heterocycles. The minimum absolute atomic E-state index is 0.0854. The quantitative estimate of drug-likeness (QED) is 0.489. The molecule has 0 aliphatic heterocycles. The van der Waals surface area contributed by atoms with E-state index in [0.29, 0.717) is 6.54 Å². The lowest BCUT2D eigenvalue weighted by Crippen LogP contribution is -2.24. The smallest absolute Gasteiger partial charge is 0.230 e. The van der Waals surface area contributed by atoms with E-state index in [1.807, 2.05) is 61.5 Å². The van der Waals surface area contributed by atoms with Crippen LogP contribution in [-0.4, -0.2) is 34.1 Å². The number of aliphatic hydroxyl groups excluding tert-OH is 1. The van der Waals surface area contributed by atoms with Crippen LogP contribution in [0.25, 0.3) is 0 Å².